The van der Waals surface area contributed by atoms with Crippen molar-refractivity contribution in [3.8, 4) is 11.5 Å². The van der Waals surface area contributed by atoms with Gasteiger partial charge in [0.25, 0.3) is 0 Å². The van der Waals surface area contributed by atoms with Crippen molar-refractivity contribution in [2.75, 3.05) is 41.7 Å². The van der Waals surface area contributed by atoms with E-state index in [0.717, 1.165) is 49.8 Å². The lowest BCUT2D eigenvalue weighted by atomic mass is 10.2. The summed E-state index contributed by atoms with van der Waals surface area (Å²) in [6.45, 7) is 7.09. The lowest BCUT2D eigenvalue weighted by Crippen LogP contribution is -2.45. The van der Waals surface area contributed by atoms with E-state index in [9.17, 15) is 0 Å². The minimum absolute atomic E-state index is 0.502. The van der Waals surface area contributed by atoms with Gasteiger partial charge in [0.1, 0.15) is 17.3 Å². The molecule has 0 bridgehead atoms. The van der Waals surface area contributed by atoms with E-state index in [-0.39, 0.29) is 0 Å². The minimum atomic E-state index is 0.502. The molecule has 0 saturated carbocycles. The fourth-order valence-electron chi connectivity index (χ4n) is 4.73. The van der Waals surface area contributed by atoms with Crippen molar-refractivity contribution in [2.24, 2.45) is 0 Å². The van der Waals surface area contributed by atoms with Crippen LogP contribution in [0.2, 0.25) is 0 Å². The first-order valence-electron chi connectivity index (χ1n) is 13.4. The quantitative estimate of drug-likeness (QED) is 0.272. The molecule has 0 radical (unpaired) electrons. The second-order valence-corrected chi connectivity index (χ2v) is 9.74. The van der Waals surface area contributed by atoms with E-state index in [2.05, 4.69) is 100.0 Å². The van der Waals surface area contributed by atoms with Crippen molar-refractivity contribution in [3.05, 3.63) is 109 Å². The third-order valence-corrected chi connectivity index (χ3v) is 6.79. The van der Waals surface area contributed by atoms with Crippen LogP contribution in [0, 0.1) is 6.92 Å². The van der Waals surface area contributed by atoms with Gasteiger partial charge in [0, 0.05) is 62.2 Å². The number of anilines is 5. The topological polar surface area (TPSA) is 95.0 Å². The Kier molecular flexibility index (Phi) is 7.54. The molecule has 0 aliphatic carbocycles. The Morgan fingerprint density at radius 1 is 0.675 bits per heavy atom. The zero-order valence-corrected chi connectivity index (χ0v) is 22.4. The van der Waals surface area contributed by atoms with E-state index in [1.54, 1.807) is 24.5 Å². The summed E-state index contributed by atoms with van der Waals surface area (Å²) < 4.78 is 0. The molecule has 9 nitrogen and oxygen atoms in total. The summed E-state index contributed by atoms with van der Waals surface area (Å²) in [4.78, 5) is 27.4. The van der Waals surface area contributed by atoms with E-state index in [4.69, 9.17) is 0 Å². The predicted octanol–water partition coefficient (Wildman–Crippen LogP) is 5.45. The van der Waals surface area contributed by atoms with Gasteiger partial charge in [0.05, 0.1) is 0 Å². The maximum Gasteiger partial charge on any atom is 0.229 e. The van der Waals surface area contributed by atoms with Gasteiger partial charge in [-0.05, 0) is 61.0 Å². The second-order valence-electron chi connectivity index (χ2n) is 9.74. The number of piperazine rings is 1. The van der Waals surface area contributed by atoms with Crippen molar-refractivity contribution in [3.63, 3.8) is 0 Å². The number of hydrogen-bond acceptors (Lipinski definition) is 9. The van der Waals surface area contributed by atoms with Gasteiger partial charge in [0.15, 0.2) is 5.82 Å². The number of rotatable bonds is 8. The summed E-state index contributed by atoms with van der Waals surface area (Å²) in [5, 5.41) is 6.55. The second kappa shape index (κ2) is 11.9. The molecule has 1 aliphatic heterocycles. The Balaban J connectivity index is 1.05. The Labute approximate surface area is 234 Å². The molecule has 6 rings (SSSR count). The first-order valence-corrected chi connectivity index (χ1v) is 13.4. The van der Waals surface area contributed by atoms with Gasteiger partial charge in [-0.25, -0.2) is 19.9 Å². The highest BCUT2D eigenvalue weighted by molar-refractivity contribution is 5.62. The molecule has 2 aromatic carbocycles. The summed E-state index contributed by atoms with van der Waals surface area (Å²) in [6, 6.07) is 28.5. The summed E-state index contributed by atoms with van der Waals surface area (Å²) in [5.41, 5.74) is 5.17. The van der Waals surface area contributed by atoms with Gasteiger partial charge < -0.3 is 15.5 Å². The normalized spacial score (nSPS) is 13.7. The van der Waals surface area contributed by atoms with Crippen LogP contribution in [-0.2, 0) is 6.54 Å². The molecule has 1 aliphatic rings. The average molecular weight is 530 g/mol. The van der Waals surface area contributed by atoms with Gasteiger partial charge in [-0.1, -0.05) is 36.4 Å². The molecular weight excluding hydrogens is 498 g/mol. The highest BCUT2D eigenvalue weighted by atomic mass is 15.3. The lowest BCUT2D eigenvalue weighted by molar-refractivity contribution is 0.250. The van der Waals surface area contributed by atoms with E-state index in [1.807, 2.05) is 25.1 Å². The van der Waals surface area contributed by atoms with Crippen LogP contribution in [0.15, 0.2) is 97.3 Å². The zero-order valence-electron chi connectivity index (χ0n) is 22.4. The van der Waals surface area contributed by atoms with Crippen LogP contribution < -0.4 is 15.5 Å². The molecule has 200 valence electrons. The fraction of sp³-hybridized carbons (Fsp3) is 0.194. The van der Waals surface area contributed by atoms with Crippen molar-refractivity contribution < 1.29 is 0 Å². The summed E-state index contributed by atoms with van der Waals surface area (Å²) in [6.07, 6.45) is 3.42. The number of hydrogen-bond donors (Lipinski definition) is 2. The number of pyridine rings is 1. The summed E-state index contributed by atoms with van der Waals surface area (Å²) in [5.74, 6) is 2.32. The molecule has 1 saturated heterocycles. The van der Waals surface area contributed by atoms with Crippen LogP contribution in [0.3, 0.4) is 0 Å². The summed E-state index contributed by atoms with van der Waals surface area (Å²) >= 11 is 0. The van der Waals surface area contributed by atoms with Crippen molar-refractivity contribution in [1.29, 1.82) is 0 Å². The number of nitrogens with zero attached hydrogens (tertiary/aromatic N) is 7. The zero-order chi connectivity index (χ0) is 27.1. The molecule has 4 heterocycles. The van der Waals surface area contributed by atoms with Gasteiger partial charge in [0.2, 0.25) is 5.95 Å². The number of nitrogens with one attached hydrogen (secondary N) is 2. The van der Waals surface area contributed by atoms with Gasteiger partial charge in [-0.3, -0.25) is 4.90 Å². The van der Waals surface area contributed by atoms with Crippen LogP contribution in [0.4, 0.5) is 29.0 Å². The Hall–Kier alpha value is -4.89. The molecule has 0 unspecified atom stereocenters. The fourth-order valence-corrected chi connectivity index (χ4v) is 4.73. The molecule has 9 heteroatoms. The molecule has 0 spiro atoms. The largest absolute Gasteiger partial charge is 0.369 e. The molecule has 1 fully saturated rings. The smallest absolute Gasteiger partial charge is 0.229 e. The molecular formula is C31H31N9. The van der Waals surface area contributed by atoms with E-state index < -0.39 is 0 Å². The molecule has 40 heavy (non-hydrogen) atoms. The Bertz CT molecular complexity index is 1550. The highest BCUT2D eigenvalue weighted by Gasteiger charge is 2.17. The van der Waals surface area contributed by atoms with E-state index in [0.29, 0.717) is 23.4 Å². The molecule has 0 atom stereocenters. The Morgan fingerprint density at radius 2 is 1.43 bits per heavy atom. The highest BCUT2D eigenvalue weighted by Crippen LogP contribution is 2.23. The van der Waals surface area contributed by atoms with Crippen molar-refractivity contribution in [2.45, 2.75) is 13.5 Å². The van der Waals surface area contributed by atoms with Crippen molar-refractivity contribution in [1.82, 2.24) is 29.8 Å². The number of aryl methyl sites for hydroxylation is 1. The number of benzene rings is 2. The first-order chi connectivity index (χ1) is 19.7. The summed E-state index contributed by atoms with van der Waals surface area (Å²) in [7, 11) is 0. The average Bonchev–Trinajstić information content (AvgIpc) is 2.99. The minimum Gasteiger partial charge on any atom is -0.369 e. The van der Waals surface area contributed by atoms with Crippen molar-refractivity contribution >= 4 is 29.0 Å². The van der Waals surface area contributed by atoms with Gasteiger partial charge in [-0.2, -0.15) is 4.98 Å². The first kappa shape index (κ1) is 25.4. The Morgan fingerprint density at radius 3 is 2.20 bits per heavy atom. The standard InChI is InChI=1S/C31H31N9/c1-23-6-5-9-27(34-23)30-32-16-14-28(37-30)36-29-15-17-33-31(38-29)35-25-10-12-26(13-11-25)40-20-18-39(19-21-40)22-24-7-3-2-4-8-24/h2-17H,18-22H2,1H3,(H2,32,33,35,36,37,38). The van der Waals surface area contributed by atoms with Crippen LogP contribution in [-0.4, -0.2) is 56.0 Å². The molecule has 0 amide bonds. The molecule has 3 aromatic heterocycles. The maximum atomic E-state index is 4.61. The third kappa shape index (κ3) is 6.39. The molecule has 2 N–H and O–H groups in total. The van der Waals surface area contributed by atoms with Crippen LogP contribution in [0.1, 0.15) is 11.3 Å². The van der Waals surface area contributed by atoms with E-state index in [1.165, 1.54) is 11.3 Å². The maximum absolute atomic E-state index is 4.61. The predicted molar refractivity (Wildman–Crippen MR) is 159 cm³/mol. The van der Waals surface area contributed by atoms with Gasteiger partial charge >= 0.3 is 0 Å². The van der Waals surface area contributed by atoms with E-state index >= 15 is 0 Å². The van der Waals surface area contributed by atoms with Gasteiger partial charge in [-0.15, -0.1) is 0 Å². The van der Waals surface area contributed by atoms with Crippen LogP contribution in [0.25, 0.3) is 11.5 Å². The van der Waals surface area contributed by atoms with Crippen LogP contribution >= 0.6 is 0 Å². The lowest BCUT2D eigenvalue weighted by Gasteiger charge is -2.36. The number of aromatic nitrogens is 5. The van der Waals surface area contributed by atoms with Crippen LogP contribution in [0.5, 0.6) is 0 Å². The monoisotopic (exact) mass is 529 g/mol. The third-order valence-electron chi connectivity index (χ3n) is 6.79. The SMILES string of the molecule is Cc1cccc(-c2nccc(Nc3ccnc(Nc4ccc(N5CCN(Cc6ccccc6)CC5)cc4)n3)n2)n1. The molecule has 5 aromatic rings.